The van der Waals surface area contributed by atoms with Crippen LogP contribution >= 0.6 is 15.9 Å². The lowest BCUT2D eigenvalue weighted by Crippen LogP contribution is -2.46. The first-order chi connectivity index (χ1) is 11.9. The highest BCUT2D eigenvalue weighted by Crippen LogP contribution is 2.37. The molecular weight excluding hydrogens is 384 g/mol. The summed E-state index contributed by atoms with van der Waals surface area (Å²) in [5, 5.41) is 2.81. The first-order valence-corrected chi connectivity index (χ1v) is 8.77. The number of aryl methyl sites for hydroxylation is 1. The van der Waals surface area contributed by atoms with E-state index in [0.717, 1.165) is 10.0 Å². The first-order valence-electron chi connectivity index (χ1n) is 7.98. The van der Waals surface area contributed by atoms with Gasteiger partial charge in [0, 0.05) is 10.2 Å². The zero-order valence-electron chi connectivity index (χ0n) is 13.9. The third-order valence-electron chi connectivity index (χ3n) is 4.21. The minimum Gasteiger partial charge on any atom is -0.324 e. The Hall–Kier alpha value is -2.47. The Labute approximate surface area is 154 Å². The van der Waals surface area contributed by atoms with E-state index in [0.29, 0.717) is 23.4 Å². The van der Waals surface area contributed by atoms with Gasteiger partial charge in [0.15, 0.2) is 0 Å². The smallest absolute Gasteiger partial charge is 0.300 e. The fourth-order valence-electron chi connectivity index (χ4n) is 3.08. The first kappa shape index (κ1) is 17.4. The van der Waals surface area contributed by atoms with Crippen LogP contribution in [0.4, 0.5) is 11.4 Å². The Bertz CT molecular complexity index is 864. The van der Waals surface area contributed by atoms with Crippen LogP contribution < -0.4 is 10.2 Å². The molecule has 1 N–H and O–H groups in total. The van der Waals surface area contributed by atoms with Crippen molar-refractivity contribution in [1.82, 2.24) is 0 Å². The highest BCUT2D eigenvalue weighted by atomic mass is 79.9. The summed E-state index contributed by atoms with van der Waals surface area (Å²) < 4.78 is 0.730. The average molecular weight is 401 g/mol. The Kier molecular flexibility index (Phi) is 4.72. The van der Waals surface area contributed by atoms with Gasteiger partial charge in [-0.25, -0.2) is 0 Å². The normalized spacial score (nSPS) is 14.4. The van der Waals surface area contributed by atoms with Crippen LogP contribution in [0.3, 0.4) is 0 Å². The number of hydrogen-bond acceptors (Lipinski definition) is 3. The van der Waals surface area contributed by atoms with Gasteiger partial charge in [-0.05, 0) is 43.2 Å². The fraction of sp³-hybridized carbons (Fsp3) is 0.211. The van der Waals surface area contributed by atoms with Gasteiger partial charge < -0.3 is 5.32 Å². The van der Waals surface area contributed by atoms with Crippen LogP contribution in [-0.2, 0) is 9.59 Å². The summed E-state index contributed by atoms with van der Waals surface area (Å²) >= 11 is 3.35. The molecule has 5 nitrogen and oxygen atoms in total. The van der Waals surface area contributed by atoms with E-state index in [2.05, 4.69) is 21.2 Å². The van der Waals surface area contributed by atoms with Crippen molar-refractivity contribution < 1.29 is 14.4 Å². The number of carbonyl (C=O) groups is 3. The molecule has 0 saturated heterocycles. The monoisotopic (exact) mass is 400 g/mol. The van der Waals surface area contributed by atoms with E-state index in [1.807, 2.05) is 38.1 Å². The van der Waals surface area contributed by atoms with Crippen molar-refractivity contribution in [3.8, 4) is 0 Å². The fourth-order valence-corrected chi connectivity index (χ4v) is 3.66. The molecule has 1 atom stereocenters. The third-order valence-corrected chi connectivity index (χ3v) is 4.66. The van der Waals surface area contributed by atoms with Crippen LogP contribution in [0.5, 0.6) is 0 Å². The molecule has 1 heterocycles. The Morgan fingerprint density at radius 2 is 1.88 bits per heavy atom. The molecule has 128 valence electrons. The van der Waals surface area contributed by atoms with Crippen molar-refractivity contribution in [2.24, 2.45) is 0 Å². The average Bonchev–Trinajstić information content (AvgIpc) is 2.82. The van der Waals surface area contributed by atoms with E-state index in [4.69, 9.17) is 0 Å². The predicted octanol–water partition coefficient (Wildman–Crippen LogP) is 3.70. The molecule has 0 bridgehead atoms. The number of hydrogen-bond donors (Lipinski definition) is 1. The zero-order valence-corrected chi connectivity index (χ0v) is 15.5. The number of ketones is 1. The van der Waals surface area contributed by atoms with Gasteiger partial charge in [-0.1, -0.05) is 41.1 Å². The van der Waals surface area contributed by atoms with E-state index in [-0.39, 0.29) is 5.91 Å². The number of amides is 2. The SMILES string of the molecule is CCC(C(=O)Nc1ccccc1)N1C(=O)C(=O)c2cc(Br)cc(C)c21. The van der Waals surface area contributed by atoms with Gasteiger partial charge in [0.25, 0.3) is 11.7 Å². The quantitative estimate of drug-likeness (QED) is 0.795. The van der Waals surface area contributed by atoms with Gasteiger partial charge in [0.1, 0.15) is 6.04 Å². The largest absolute Gasteiger partial charge is 0.324 e. The number of nitrogens with one attached hydrogen (secondary N) is 1. The second kappa shape index (κ2) is 6.80. The van der Waals surface area contributed by atoms with Gasteiger partial charge in [0.05, 0.1) is 11.3 Å². The molecule has 0 saturated carbocycles. The lowest BCUT2D eigenvalue weighted by Gasteiger charge is -2.27. The Morgan fingerprint density at radius 3 is 2.52 bits per heavy atom. The van der Waals surface area contributed by atoms with E-state index in [1.165, 1.54) is 4.90 Å². The van der Waals surface area contributed by atoms with Crippen LogP contribution in [0, 0.1) is 6.92 Å². The van der Waals surface area contributed by atoms with E-state index >= 15 is 0 Å². The van der Waals surface area contributed by atoms with Crippen LogP contribution in [-0.4, -0.2) is 23.6 Å². The molecule has 2 aromatic carbocycles. The number of rotatable bonds is 4. The maximum Gasteiger partial charge on any atom is 0.300 e. The maximum absolute atomic E-state index is 12.7. The lowest BCUT2D eigenvalue weighted by atomic mass is 10.1. The number of halogens is 1. The predicted molar refractivity (Wildman–Crippen MR) is 99.8 cm³/mol. The molecule has 0 spiro atoms. The van der Waals surface area contributed by atoms with Crippen molar-refractivity contribution >= 4 is 44.9 Å². The molecule has 2 aromatic rings. The number of para-hydroxylation sites is 1. The van der Waals surface area contributed by atoms with Crippen molar-refractivity contribution in [2.45, 2.75) is 26.3 Å². The van der Waals surface area contributed by atoms with Crippen LogP contribution in [0.1, 0.15) is 29.3 Å². The number of Topliss-reactive ketones (excluding diaryl/α,β-unsaturated/α-hetero) is 1. The van der Waals surface area contributed by atoms with E-state index < -0.39 is 17.7 Å². The molecule has 6 heteroatoms. The summed E-state index contributed by atoms with van der Waals surface area (Å²) in [5.74, 6) is -1.55. The molecule has 0 radical (unpaired) electrons. The van der Waals surface area contributed by atoms with Gasteiger partial charge >= 0.3 is 0 Å². The van der Waals surface area contributed by atoms with Crippen LogP contribution in [0.15, 0.2) is 46.9 Å². The molecule has 1 aliphatic rings. The summed E-state index contributed by atoms with van der Waals surface area (Å²) in [5.41, 5.74) is 2.28. The summed E-state index contributed by atoms with van der Waals surface area (Å²) in [6.45, 7) is 3.64. The Balaban J connectivity index is 1.98. The molecule has 0 fully saturated rings. The van der Waals surface area contributed by atoms with E-state index in [9.17, 15) is 14.4 Å². The number of carbonyl (C=O) groups excluding carboxylic acids is 3. The standard InChI is InChI=1S/C19H17BrN2O3/c1-3-15(18(24)21-13-7-5-4-6-8-13)22-16-11(2)9-12(20)10-14(16)17(23)19(22)25/h4-10,15H,3H2,1-2H3,(H,21,24). The van der Waals surface area contributed by atoms with Gasteiger partial charge in [-0.15, -0.1) is 0 Å². The van der Waals surface area contributed by atoms with Crippen molar-refractivity contribution in [3.05, 3.63) is 58.1 Å². The zero-order chi connectivity index (χ0) is 18.1. The number of benzene rings is 2. The molecule has 3 rings (SSSR count). The summed E-state index contributed by atoms with van der Waals surface area (Å²) in [7, 11) is 0. The van der Waals surface area contributed by atoms with Crippen molar-refractivity contribution in [2.75, 3.05) is 10.2 Å². The summed E-state index contributed by atoms with van der Waals surface area (Å²) in [6.07, 6.45) is 0.395. The molecule has 1 unspecified atom stereocenters. The highest BCUT2D eigenvalue weighted by molar-refractivity contribution is 9.10. The minimum absolute atomic E-state index is 0.315. The number of nitrogens with zero attached hydrogens (tertiary/aromatic N) is 1. The van der Waals surface area contributed by atoms with E-state index in [1.54, 1.807) is 18.2 Å². The van der Waals surface area contributed by atoms with Gasteiger partial charge in [0.2, 0.25) is 5.91 Å². The summed E-state index contributed by atoms with van der Waals surface area (Å²) in [4.78, 5) is 39.0. The lowest BCUT2D eigenvalue weighted by molar-refractivity contribution is -0.121. The second-order valence-corrected chi connectivity index (χ2v) is 6.82. The van der Waals surface area contributed by atoms with Crippen molar-refractivity contribution in [1.29, 1.82) is 0 Å². The molecule has 0 aromatic heterocycles. The van der Waals surface area contributed by atoms with Crippen molar-refractivity contribution in [3.63, 3.8) is 0 Å². The minimum atomic E-state index is -0.752. The maximum atomic E-state index is 12.7. The van der Waals surface area contributed by atoms with Crippen LogP contribution in [0.2, 0.25) is 0 Å². The third kappa shape index (κ3) is 3.09. The van der Waals surface area contributed by atoms with Crippen LogP contribution in [0.25, 0.3) is 0 Å². The molecule has 2 amide bonds. The van der Waals surface area contributed by atoms with Gasteiger partial charge in [-0.3, -0.25) is 19.3 Å². The topological polar surface area (TPSA) is 66.5 Å². The molecule has 1 aliphatic heterocycles. The van der Waals surface area contributed by atoms with Gasteiger partial charge in [-0.2, -0.15) is 0 Å². The summed E-state index contributed by atoms with van der Waals surface area (Å²) in [6, 6.07) is 11.8. The number of fused-ring (bicyclic) bond motifs is 1. The Morgan fingerprint density at radius 1 is 1.20 bits per heavy atom. The number of anilines is 2. The molecule has 0 aliphatic carbocycles. The molecular formula is C19H17BrN2O3. The molecule has 25 heavy (non-hydrogen) atoms. The highest BCUT2D eigenvalue weighted by Gasteiger charge is 2.42. The second-order valence-electron chi connectivity index (χ2n) is 5.90.